The van der Waals surface area contributed by atoms with Crippen molar-refractivity contribution in [2.24, 2.45) is 5.73 Å². The van der Waals surface area contributed by atoms with Crippen molar-refractivity contribution in [3.63, 3.8) is 0 Å². The van der Waals surface area contributed by atoms with Gasteiger partial charge in [0.15, 0.2) is 0 Å². The fourth-order valence-corrected chi connectivity index (χ4v) is 5.67. The molecule has 3 aromatic rings. The summed E-state index contributed by atoms with van der Waals surface area (Å²) < 4.78 is 12.1. The van der Waals surface area contributed by atoms with E-state index in [0.717, 1.165) is 61.5 Å². The zero-order valence-electron chi connectivity index (χ0n) is 22.4. The van der Waals surface area contributed by atoms with Crippen LogP contribution in [0.5, 0.6) is 11.5 Å². The van der Waals surface area contributed by atoms with Gasteiger partial charge in [0.25, 0.3) is 0 Å². The fourth-order valence-electron chi connectivity index (χ4n) is 5.67. The Morgan fingerprint density at radius 3 is 2.56 bits per heavy atom. The zero-order valence-corrected chi connectivity index (χ0v) is 22.4. The third-order valence-electron chi connectivity index (χ3n) is 8.01. The van der Waals surface area contributed by atoms with Crippen molar-refractivity contribution in [2.45, 2.75) is 49.8 Å². The minimum Gasteiger partial charge on any atom is -0.497 e. The molecule has 1 amide bonds. The highest BCUT2D eigenvalue weighted by Crippen LogP contribution is 2.45. The van der Waals surface area contributed by atoms with Gasteiger partial charge < -0.3 is 25.4 Å². The van der Waals surface area contributed by atoms with Crippen molar-refractivity contribution in [2.75, 3.05) is 26.7 Å². The Morgan fingerprint density at radius 1 is 1.13 bits per heavy atom. The summed E-state index contributed by atoms with van der Waals surface area (Å²) in [7, 11) is 1.64. The normalized spacial score (nSPS) is 18.8. The number of ether oxygens (including phenoxy) is 2. The molecule has 0 saturated carbocycles. The summed E-state index contributed by atoms with van der Waals surface area (Å²) in [6.45, 7) is 2.82. The molecule has 3 N–H and O–H groups in total. The van der Waals surface area contributed by atoms with Gasteiger partial charge in [-0.25, -0.2) is 0 Å². The number of carbonyl (C=O) groups excluding carboxylic acids is 1. The van der Waals surface area contributed by atoms with Crippen LogP contribution in [0.4, 0.5) is 0 Å². The van der Waals surface area contributed by atoms with Crippen LogP contribution in [0.1, 0.15) is 47.6 Å². The number of nitriles is 1. The van der Waals surface area contributed by atoms with Crippen LogP contribution in [0, 0.1) is 11.3 Å². The Kier molecular flexibility index (Phi) is 8.16. The Morgan fingerprint density at radius 2 is 1.87 bits per heavy atom. The molecule has 1 saturated heterocycles. The van der Waals surface area contributed by atoms with E-state index in [-0.39, 0.29) is 17.6 Å². The van der Waals surface area contributed by atoms with Gasteiger partial charge >= 0.3 is 0 Å². The molecule has 3 aromatic carbocycles. The van der Waals surface area contributed by atoms with Crippen molar-refractivity contribution < 1.29 is 14.3 Å². The number of likely N-dealkylation sites (tertiary alicyclic amines) is 1. The van der Waals surface area contributed by atoms with E-state index in [9.17, 15) is 4.79 Å². The first-order valence-electron chi connectivity index (χ1n) is 13.7. The monoisotopic (exact) mass is 524 g/mol. The Balaban J connectivity index is 1.25. The standard InChI is InChI=1S/C32H36N4O3/c1-38-26-11-12-30-27(20-26)29(35-31(37)28(34)19-24-5-3-2-4-6-24)21-32(39-30)14-17-36(18-15-32)16-13-23-7-9-25(22-33)10-8-23/h2-12,20,28-29H,13-19,21,34H2,1H3,(H,35,37)/t28-,29+/m1/s1. The van der Waals surface area contributed by atoms with Gasteiger partial charge in [-0.1, -0.05) is 42.5 Å². The largest absolute Gasteiger partial charge is 0.497 e. The number of benzene rings is 3. The predicted octanol–water partition coefficient (Wildman–Crippen LogP) is 4.15. The summed E-state index contributed by atoms with van der Waals surface area (Å²) in [5.41, 5.74) is 9.90. The lowest BCUT2D eigenvalue weighted by atomic mass is 9.80. The summed E-state index contributed by atoms with van der Waals surface area (Å²) in [6, 6.07) is 24.8. The lowest BCUT2D eigenvalue weighted by molar-refractivity contribution is -0.124. The van der Waals surface area contributed by atoms with E-state index in [1.54, 1.807) is 7.11 Å². The second-order valence-corrected chi connectivity index (χ2v) is 10.7. The summed E-state index contributed by atoms with van der Waals surface area (Å²) in [5.74, 6) is 1.38. The molecule has 2 atom stereocenters. The first-order valence-corrected chi connectivity index (χ1v) is 13.7. The number of nitrogens with one attached hydrogen (secondary N) is 1. The van der Waals surface area contributed by atoms with Crippen molar-refractivity contribution in [1.82, 2.24) is 10.2 Å². The molecule has 5 rings (SSSR count). The predicted molar refractivity (Wildman–Crippen MR) is 151 cm³/mol. The van der Waals surface area contributed by atoms with Crippen LogP contribution in [0.15, 0.2) is 72.8 Å². The molecule has 1 spiro atoms. The Hall–Kier alpha value is -3.86. The third-order valence-corrected chi connectivity index (χ3v) is 8.01. The van der Waals surface area contributed by atoms with Gasteiger partial charge in [0.05, 0.1) is 30.8 Å². The molecule has 2 aliphatic heterocycles. The number of carbonyl (C=O) groups is 1. The molecule has 0 aromatic heterocycles. The first-order chi connectivity index (χ1) is 19.0. The molecule has 0 bridgehead atoms. The number of hydrogen-bond donors (Lipinski definition) is 2. The van der Waals surface area contributed by atoms with Crippen LogP contribution >= 0.6 is 0 Å². The lowest BCUT2D eigenvalue weighted by Gasteiger charge is -2.47. The van der Waals surface area contributed by atoms with Gasteiger partial charge in [-0.05, 0) is 67.1 Å². The van der Waals surface area contributed by atoms with Crippen LogP contribution in [-0.2, 0) is 17.6 Å². The maximum atomic E-state index is 13.2. The zero-order chi connectivity index (χ0) is 27.2. The van der Waals surface area contributed by atoms with Crippen molar-refractivity contribution in [3.05, 3.63) is 95.1 Å². The minimum absolute atomic E-state index is 0.158. The van der Waals surface area contributed by atoms with E-state index in [2.05, 4.69) is 16.3 Å². The van der Waals surface area contributed by atoms with E-state index in [4.69, 9.17) is 20.5 Å². The number of rotatable bonds is 8. The quantitative estimate of drug-likeness (QED) is 0.459. The van der Waals surface area contributed by atoms with Crippen LogP contribution in [0.3, 0.4) is 0 Å². The number of fused-ring (bicyclic) bond motifs is 1. The van der Waals surface area contributed by atoms with Gasteiger partial charge in [-0.2, -0.15) is 5.26 Å². The van der Waals surface area contributed by atoms with Crippen molar-refractivity contribution in [1.29, 1.82) is 5.26 Å². The molecule has 0 unspecified atom stereocenters. The lowest BCUT2D eigenvalue weighted by Crippen LogP contribution is -2.53. The molecular weight excluding hydrogens is 488 g/mol. The average molecular weight is 525 g/mol. The number of hydrogen-bond acceptors (Lipinski definition) is 6. The maximum absolute atomic E-state index is 13.2. The fraction of sp³-hybridized carbons (Fsp3) is 0.375. The van der Waals surface area contributed by atoms with Crippen LogP contribution in [0.25, 0.3) is 0 Å². The van der Waals surface area contributed by atoms with Crippen LogP contribution in [-0.4, -0.2) is 49.2 Å². The van der Waals surface area contributed by atoms with E-state index >= 15 is 0 Å². The van der Waals surface area contributed by atoms with Gasteiger partial charge in [-0.3, -0.25) is 4.79 Å². The van der Waals surface area contributed by atoms with Gasteiger partial charge in [0.1, 0.15) is 17.1 Å². The first kappa shape index (κ1) is 26.7. The molecule has 0 radical (unpaired) electrons. The third kappa shape index (κ3) is 6.42. The molecular formula is C32H36N4O3. The van der Waals surface area contributed by atoms with Gasteiger partial charge in [0.2, 0.25) is 5.91 Å². The highest BCUT2D eigenvalue weighted by molar-refractivity contribution is 5.82. The Labute approximate surface area is 230 Å². The van der Waals surface area contributed by atoms with E-state index in [1.807, 2.05) is 72.8 Å². The number of piperidine rings is 1. The summed E-state index contributed by atoms with van der Waals surface area (Å²) in [4.78, 5) is 15.7. The van der Waals surface area contributed by atoms with E-state index in [1.165, 1.54) is 5.56 Å². The second kappa shape index (κ2) is 11.9. The molecule has 7 nitrogen and oxygen atoms in total. The topological polar surface area (TPSA) is 101 Å². The van der Waals surface area contributed by atoms with E-state index < -0.39 is 6.04 Å². The minimum atomic E-state index is -0.635. The highest BCUT2D eigenvalue weighted by atomic mass is 16.5. The number of methoxy groups -OCH3 is 1. The molecule has 7 heteroatoms. The molecule has 2 aliphatic rings. The smallest absolute Gasteiger partial charge is 0.237 e. The molecule has 202 valence electrons. The SMILES string of the molecule is COc1ccc2c(c1)[C@@H](NC(=O)[C@H](N)Cc1ccccc1)CC1(CCN(CCc3ccc(C#N)cc3)CC1)O2. The molecule has 1 fully saturated rings. The molecule has 2 heterocycles. The van der Waals surface area contributed by atoms with Crippen molar-refractivity contribution >= 4 is 5.91 Å². The summed E-state index contributed by atoms with van der Waals surface area (Å²) in [5, 5.41) is 12.3. The van der Waals surface area contributed by atoms with Gasteiger partial charge in [0, 0.05) is 31.6 Å². The second-order valence-electron chi connectivity index (χ2n) is 10.7. The summed E-state index contributed by atoms with van der Waals surface area (Å²) >= 11 is 0. The highest BCUT2D eigenvalue weighted by Gasteiger charge is 2.44. The van der Waals surface area contributed by atoms with Crippen LogP contribution in [0.2, 0.25) is 0 Å². The number of nitrogens with two attached hydrogens (primary N) is 1. The van der Waals surface area contributed by atoms with Crippen molar-refractivity contribution in [3.8, 4) is 17.6 Å². The van der Waals surface area contributed by atoms with E-state index in [0.29, 0.717) is 18.4 Å². The Bertz CT molecular complexity index is 1310. The maximum Gasteiger partial charge on any atom is 0.237 e. The van der Waals surface area contributed by atoms with Gasteiger partial charge in [-0.15, -0.1) is 0 Å². The molecule has 0 aliphatic carbocycles. The number of nitrogens with zero attached hydrogens (tertiary/aromatic N) is 2. The molecule has 39 heavy (non-hydrogen) atoms. The number of amides is 1. The average Bonchev–Trinajstić information content (AvgIpc) is 2.97. The van der Waals surface area contributed by atoms with Crippen LogP contribution < -0.4 is 20.5 Å². The summed E-state index contributed by atoms with van der Waals surface area (Å²) in [6.07, 6.45) is 3.89.